The molecule has 6 heteroatoms. The van der Waals surface area contributed by atoms with Crippen molar-refractivity contribution in [3.8, 4) is 11.5 Å². The van der Waals surface area contributed by atoms with Gasteiger partial charge in [0.25, 0.3) is 0 Å². The van der Waals surface area contributed by atoms with E-state index < -0.39 is 5.82 Å². The molecule has 0 fully saturated rings. The monoisotopic (exact) mass is 374 g/mol. The van der Waals surface area contributed by atoms with Gasteiger partial charge in [0.15, 0.2) is 11.6 Å². The fourth-order valence-electron chi connectivity index (χ4n) is 2.75. The standard InChI is InChI=1S/C21H27FN2O3/c1-5-27-18-9-6-16(7-10-18)13-23(2)15-21(25)24(3)14-17-8-11-20(26-4)19(22)12-17/h6-12H,5,13-15H2,1-4H3. The summed E-state index contributed by atoms with van der Waals surface area (Å²) in [6.07, 6.45) is 0. The lowest BCUT2D eigenvalue weighted by molar-refractivity contribution is -0.131. The van der Waals surface area contributed by atoms with E-state index in [0.717, 1.165) is 16.9 Å². The Hall–Kier alpha value is -2.60. The number of rotatable bonds is 9. The van der Waals surface area contributed by atoms with Crippen LogP contribution in [0.5, 0.6) is 11.5 Å². The van der Waals surface area contributed by atoms with Crippen molar-refractivity contribution in [3.63, 3.8) is 0 Å². The van der Waals surface area contributed by atoms with Crippen molar-refractivity contribution < 1.29 is 18.7 Å². The number of benzene rings is 2. The number of nitrogens with zero attached hydrogens (tertiary/aromatic N) is 2. The predicted molar refractivity (Wildman–Crippen MR) is 103 cm³/mol. The van der Waals surface area contributed by atoms with Crippen LogP contribution in [0.1, 0.15) is 18.1 Å². The number of methoxy groups -OCH3 is 1. The van der Waals surface area contributed by atoms with Crippen LogP contribution in [0.15, 0.2) is 42.5 Å². The number of amides is 1. The number of likely N-dealkylation sites (N-methyl/N-ethyl adjacent to an activating group) is 2. The maximum atomic E-state index is 13.8. The van der Waals surface area contributed by atoms with Crippen LogP contribution < -0.4 is 9.47 Å². The zero-order valence-corrected chi connectivity index (χ0v) is 16.4. The molecule has 0 aliphatic rings. The van der Waals surface area contributed by atoms with E-state index in [1.54, 1.807) is 24.1 Å². The first kappa shape index (κ1) is 20.7. The summed E-state index contributed by atoms with van der Waals surface area (Å²) >= 11 is 0. The Balaban J connectivity index is 1.86. The summed E-state index contributed by atoms with van der Waals surface area (Å²) in [5.74, 6) is 0.581. The molecular formula is C21H27FN2O3. The number of ether oxygens (including phenoxy) is 2. The summed E-state index contributed by atoms with van der Waals surface area (Å²) < 4.78 is 24.1. The molecule has 0 spiro atoms. The van der Waals surface area contributed by atoms with Crippen LogP contribution in [0.25, 0.3) is 0 Å². The Bertz CT molecular complexity index is 750. The highest BCUT2D eigenvalue weighted by atomic mass is 19.1. The Morgan fingerprint density at radius 1 is 1.04 bits per heavy atom. The Morgan fingerprint density at radius 2 is 1.70 bits per heavy atom. The van der Waals surface area contributed by atoms with Crippen molar-refractivity contribution >= 4 is 5.91 Å². The molecule has 0 atom stereocenters. The molecule has 0 saturated carbocycles. The van der Waals surface area contributed by atoms with E-state index in [1.807, 2.05) is 43.1 Å². The Morgan fingerprint density at radius 3 is 2.30 bits per heavy atom. The highest BCUT2D eigenvalue weighted by Gasteiger charge is 2.13. The van der Waals surface area contributed by atoms with Crippen LogP contribution in [0, 0.1) is 5.82 Å². The lowest BCUT2D eigenvalue weighted by Gasteiger charge is -2.22. The molecule has 2 aromatic rings. The minimum atomic E-state index is -0.427. The van der Waals surface area contributed by atoms with E-state index in [9.17, 15) is 9.18 Å². The van der Waals surface area contributed by atoms with E-state index in [4.69, 9.17) is 9.47 Å². The highest BCUT2D eigenvalue weighted by molar-refractivity contribution is 5.78. The summed E-state index contributed by atoms with van der Waals surface area (Å²) in [5.41, 5.74) is 1.83. The van der Waals surface area contributed by atoms with Crippen LogP contribution in [0.2, 0.25) is 0 Å². The van der Waals surface area contributed by atoms with Gasteiger partial charge in [-0.3, -0.25) is 9.69 Å². The lowest BCUT2D eigenvalue weighted by atomic mass is 10.2. The SMILES string of the molecule is CCOc1ccc(CN(C)CC(=O)N(C)Cc2ccc(OC)c(F)c2)cc1. The minimum absolute atomic E-state index is 0.0281. The van der Waals surface area contributed by atoms with Gasteiger partial charge in [0, 0.05) is 20.1 Å². The van der Waals surface area contributed by atoms with Crippen molar-refractivity contribution in [2.45, 2.75) is 20.0 Å². The molecule has 1 amide bonds. The van der Waals surface area contributed by atoms with Gasteiger partial charge in [0.2, 0.25) is 5.91 Å². The van der Waals surface area contributed by atoms with Gasteiger partial charge in [-0.15, -0.1) is 0 Å². The van der Waals surface area contributed by atoms with Crippen LogP contribution >= 0.6 is 0 Å². The van der Waals surface area contributed by atoms with Crippen LogP contribution in [-0.2, 0) is 17.9 Å². The van der Waals surface area contributed by atoms with Gasteiger partial charge in [-0.25, -0.2) is 4.39 Å². The number of halogens is 1. The first-order chi connectivity index (χ1) is 12.9. The molecule has 5 nitrogen and oxygen atoms in total. The first-order valence-electron chi connectivity index (χ1n) is 8.89. The van der Waals surface area contributed by atoms with Crippen LogP contribution in [0.4, 0.5) is 4.39 Å². The molecule has 0 bridgehead atoms. The van der Waals surface area contributed by atoms with Crippen LogP contribution in [-0.4, -0.2) is 50.1 Å². The van der Waals surface area contributed by atoms with Crippen molar-refractivity contribution in [2.24, 2.45) is 0 Å². The minimum Gasteiger partial charge on any atom is -0.494 e. The maximum absolute atomic E-state index is 13.8. The van der Waals surface area contributed by atoms with E-state index in [1.165, 1.54) is 13.2 Å². The smallest absolute Gasteiger partial charge is 0.236 e. The maximum Gasteiger partial charge on any atom is 0.236 e. The van der Waals surface area contributed by atoms with Gasteiger partial charge >= 0.3 is 0 Å². The lowest BCUT2D eigenvalue weighted by Crippen LogP contribution is -2.36. The molecule has 2 aromatic carbocycles. The molecule has 0 radical (unpaired) electrons. The molecule has 0 aliphatic carbocycles. The summed E-state index contributed by atoms with van der Waals surface area (Å²) in [5, 5.41) is 0. The van der Waals surface area contributed by atoms with Gasteiger partial charge < -0.3 is 14.4 Å². The molecule has 0 saturated heterocycles. The highest BCUT2D eigenvalue weighted by Crippen LogP contribution is 2.18. The quantitative estimate of drug-likeness (QED) is 0.675. The Kier molecular flexibility index (Phi) is 7.61. The molecule has 0 aromatic heterocycles. The van der Waals surface area contributed by atoms with Gasteiger partial charge in [0.05, 0.1) is 20.3 Å². The largest absolute Gasteiger partial charge is 0.494 e. The fourth-order valence-corrected chi connectivity index (χ4v) is 2.75. The average molecular weight is 374 g/mol. The van der Waals surface area contributed by atoms with Crippen molar-refractivity contribution in [1.82, 2.24) is 9.80 Å². The molecular weight excluding hydrogens is 347 g/mol. The van der Waals surface area contributed by atoms with Crippen molar-refractivity contribution in [3.05, 3.63) is 59.4 Å². The second-order valence-corrected chi connectivity index (χ2v) is 6.47. The molecule has 0 N–H and O–H groups in total. The van der Waals surface area contributed by atoms with Gasteiger partial charge in [-0.05, 0) is 49.4 Å². The average Bonchev–Trinajstić information content (AvgIpc) is 2.63. The molecule has 27 heavy (non-hydrogen) atoms. The third-order valence-corrected chi connectivity index (χ3v) is 4.15. The predicted octanol–water partition coefficient (Wildman–Crippen LogP) is 3.32. The van der Waals surface area contributed by atoms with Gasteiger partial charge in [0.1, 0.15) is 5.75 Å². The van der Waals surface area contributed by atoms with Gasteiger partial charge in [-0.1, -0.05) is 18.2 Å². The summed E-state index contributed by atoms with van der Waals surface area (Å²) in [4.78, 5) is 16.0. The molecule has 0 aliphatic heterocycles. The zero-order chi connectivity index (χ0) is 19.8. The van der Waals surface area contributed by atoms with Crippen molar-refractivity contribution in [2.75, 3.05) is 34.4 Å². The van der Waals surface area contributed by atoms with E-state index >= 15 is 0 Å². The number of hydrogen-bond donors (Lipinski definition) is 0. The number of carbonyl (C=O) groups excluding carboxylic acids is 1. The fraction of sp³-hybridized carbons (Fsp3) is 0.381. The number of hydrogen-bond acceptors (Lipinski definition) is 4. The summed E-state index contributed by atoms with van der Waals surface area (Å²) in [6.45, 7) is 3.87. The first-order valence-corrected chi connectivity index (χ1v) is 8.89. The molecule has 0 heterocycles. The van der Waals surface area contributed by atoms with E-state index in [-0.39, 0.29) is 18.2 Å². The van der Waals surface area contributed by atoms with Gasteiger partial charge in [-0.2, -0.15) is 0 Å². The topological polar surface area (TPSA) is 42.0 Å². The van der Waals surface area contributed by atoms with E-state index in [0.29, 0.717) is 19.7 Å². The van der Waals surface area contributed by atoms with Crippen molar-refractivity contribution in [1.29, 1.82) is 0 Å². The van der Waals surface area contributed by atoms with Crippen LogP contribution in [0.3, 0.4) is 0 Å². The second kappa shape index (κ2) is 9.92. The number of carbonyl (C=O) groups is 1. The molecule has 0 unspecified atom stereocenters. The second-order valence-electron chi connectivity index (χ2n) is 6.47. The molecule has 2 rings (SSSR count). The third kappa shape index (κ3) is 6.25. The van der Waals surface area contributed by atoms with E-state index in [2.05, 4.69) is 0 Å². The summed E-state index contributed by atoms with van der Waals surface area (Å²) in [6, 6.07) is 12.6. The Labute approximate surface area is 160 Å². The molecule has 146 valence electrons. The third-order valence-electron chi connectivity index (χ3n) is 4.15. The summed E-state index contributed by atoms with van der Waals surface area (Å²) in [7, 11) is 5.04. The zero-order valence-electron chi connectivity index (χ0n) is 16.4. The normalized spacial score (nSPS) is 10.7.